The number of ether oxygens (including phenoxy) is 1. The highest BCUT2D eigenvalue weighted by atomic mass is 16.5. The number of nitrogens with zero attached hydrogens (tertiary/aromatic N) is 1. The molecule has 1 aromatic heterocycles. The van der Waals surface area contributed by atoms with Gasteiger partial charge in [0.15, 0.2) is 0 Å². The zero-order valence-corrected chi connectivity index (χ0v) is 14.0. The Morgan fingerprint density at radius 2 is 1.67 bits per heavy atom. The molecule has 0 saturated carbocycles. The number of unbranched alkanes of at least 4 members (excludes halogenated alkanes) is 7. The van der Waals surface area contributed by atoms with E-state index in [1.165, 1.54) is 51.4 Å². The molecule has 0 fully saturated rings. The van der Waals surface area contributed by atoms with E-state index in [9.17, 15) is 4.79 Å². The minimum absolute atomic E-state index is 0.204. The van der Waals surface area contributed by atoms with Gasteiger partial charge in [-0.05, 0) is 26.3 Å². The van der Waals surface area contributed by atoms with Crippen molar-refractivity contribution in [2.24, 2.45) is 0 Å². The Morgan fingerprint density at radius 3 is 2.29 bits per heavy atom. The largest absolute Gasteiger partial charge is 0.462 e. The summed E-state index contributed by atoms with van der Waals surface area (Å²) in [6.07, 6.45) is 12.6. The highest BCUT2D eigenvalue weighted by Gasteiger charge is 2.13. The van der Waals surface area contributed by atoms with Gasteiger partial charge in [-0.25, -0.2) is 4.79 Å². The van der Waals surface area contributed by atoms with Crippen molar-refractivity contribution >= 4 is 5.97 Å². The van der Waals surface area contributed by atoms with E-state index >= 15 is 0 Å². The Kier molecular flexibility index (Phi) is 8.88. The van der Waals surface area contributed by atoms with E-state index in [0.29, 0.717) is 12.2 Å². The molecule has 0 bridgehead atoms. The van der Waals surface area contributed by atoms with Crippen LogP contribution >= 0.6 is 0 Å². The molecule has 0 spiro atoms. The zero-order chi connectivity index (χ0) is 15.5. The van der Waals surface area contributed by atoms with E-state index < -0.39 is 0 Å². The van der Waals surface area contributed by atoms with Gasteiger partial charge in [0.2, 0.25) is 0 Å². The smallest absolute Gasteiger partial charge is 0.339 e. The Hall–Kier alpha value is -1.25. The summed E-state index contributed by atoms with van der Waals surface area (Å²) in [5.41, 5.74) is 1.73. The molecular formula is C18H31NO2. The molecule has 1 rings (SSSR count). The molecule has 0 aromatic carbocycles. The van der Waals surface area contributed by atoms with Crippen LogP contribution in [0.5, 0.6) is 0 Å². The highest BCUT2D eigenvalue weighted by molar-refractivity contribution is 5.90. The molecule has 0 radical (unpaired) electrons. The summed E-state index contributed by atoms with van der Waals surface area (Å²) in [6, 6.07) is 1.87. The van der Waals surface area contributed by atoms with E-state index in [2.05, 4.69) is 11.5 Å². The fourth-order valence-electron chi connectivity index (χ4n) is 2.63. The van der Waals surface area contributed by atoms with Crippen molar-refractivity contribution in [1.82, 2.24) is 4.57 Å². The number of carbonyl (C=O) groups excluding carboxylic acids is 1. The summed E-state index contributed by atoms with van der Waals surface area (Å²) in [5.74, 6) is -0.204. The van der Waals surface area contributed by atoms with Gasteiger partial charge in [-0.3, -0.25) is 0 Å². The van der Waals surface area contributed by atoms with E-state index in [1.54, 1.807) is 0 Å². The summed E-state index contributed by atoms with van der Waals surface area (Å²) < 4.78 is 7.23. The van der Waals surface area contributed by atoms with Gasteiger partial charge in [0.25, 0.3) is 0 Å². The second kappa shape index (κ2) is 10.5. The first-order valence-electron chi connectivity index (χ1n) is 8.53. The number of hydrogen-bond donors (Lipinski definition) is 0. The molecule has 1 heterocycles. The van der Waals surface area contributed by atoms with Gasteiger partial charge in [-0.15, -0.1) is 0 Å². The Labute approximate surface area is 129 Å². The van der Waals surface area contributed by atoms with Crippen LogP contribution in [0.2, 0.25) is 0 Å². The van der Waals surface area contributed by atoms with Crippen molar-refractivity contribution in [2.45, 2.75) is 78.7 Å². The standard InChI is InChI=1S/C18H31NO2/c1-4-6-7-8-9-10-11-12-14-19-15-13-17(16(19)3)18(20)21-5-2/h13,15H,4-12,14H2,1-3H3. The summed E-state index contributed by atoms with van der Waals surface area (Å²) in [5, 5.41) is 0. The lowest BCUT2D eigenvalue weighted by Gasteiger charge is -2.07. The fourth-order valence-corrected chi connectivity index (χ4v) is 2.63. The van der Waals surface area contributed by atoms with Crippen LogP contribution in [0, 0.1) is 6.92 Å². The third-order valence-corrected chi connectivity index (χ3v) is 3.99. The van der Waals surface area contributed by atoms with Crippen molar-refractivity contribution < 1.29 is 9.53 Å². The predicted octanol–water partition coefficient (Wildman–Crippen LogP) is 5.11. The van der Waals surface area contributed by atoms with Crippen LogP contribution in [0.3, 0.4) is 0 Å². The number of esters is 1. The lowest BCUT2D eigenvalue weighted by molar-refractivity contribution is 0.0525. The Morgan fingerprint density at radius 1 is 1.05 bits per heavy atom. The number of rotatable bonds is 11. The topological polar surface area (TPSA) is 31.2 Å². The van der Waals surface area contributed by atoms with Crippen LogP contribution < -0.4 is 0 Å². The first-order valence-corrected chi connectivity index (χ1v) is 8.53. The van der Waals surface area contributed by atoms with Gasteiger partial charge in [0.1, 0.15) is 0 Å². The second-order valence-electron chi connectivity index (χ2n) is 5.70. The molecular weight excluding hydrogens is 262 g/mol. The maximum absolute atomic E-state index is 11.7. The van der Waals surface area contributed by atoms with E-state index in [4.69, 9.17) is 4.74 Å². The maximum Gasteiger partial charge on any atom is 0.339 e. The third kappa shape index (κ3) is 6.36. The van der Waals surface area contributed by atoms with Crippen molar-refractivity contribution in [1.29, 1.82) is 0 Å². The second-order valence-corrected chi connectivity index (χ2v) is 5.70. The minimum atomic E-state index is -0.204. The Balaban J connectivity index is 2.22. The lowest BCUT2D eigenvalue weighted by atomic mass is 10.1. The van der Waals surface area contributed by atoms with Crippen LogP contribution in [0.15, 0.2) is 12.3 Å². The number of hydrogen-bond acceptors (Lipinski definition) is 2. The molecule has 0 aliphatic carbocycles. The first kappa shape index (κ1) is 17.8. The van der Waals surface area contributed by atoms with Gasteiger partial charge in [-0.1, -0.05) is 51.9 Å². The normalized spacial score (nSPS) is 10.8. The average molecular weight is 293 g/mol. The summed E-state index contributed by atoms with van der Waals surface area (Å²) in [7, 11) is 0. The number of aromatic nitrogens is 1. The lowest BCUT2D eigenvalue weighted by Crippen LogP contribution is -2.07. The first-order chi connectivity index (χ1) is 10.2. The van der Waals surface area contributed by atoms with Gasteiger partial charge in [-0.2, -0.15) is 0 Å². The molecule has 0 aliphatic heterocycles. The summed E-state index contributed by atoms with van der Waals surface area (Å²) in [6.45, 7) is 7.52. The van der Waals surface area contributed by atoms with Crippen molar-refractivity contribution in [3.05, 3.63) is 23.5 Å². The van der Waals surface area contributed by atoms with Gasteiger partial charge in [0.05, 0.1) is 12.2 Å². The van der Waals surface area contributed by atoms with E-state index in [-0.39, 0.29) is 5.97 Å². The molecule has 120 valence electrons. The van der Waals surface area contributed by atoms with Crippen molar-refractivity contribution in [2.75, 3.05) is 6.61 Å². The number of carbonyl (C=O) groups is 1. The predicted molar refractivity (Wildman–Crippen MR) is 87.7 cm³/mol. The van der Waals surface area contributed by atoms with Gasteiger partial charge >= 0.3 is 5.97 Å². The van der Waals surface area contributed by atoms with Crippen LogP contribution in [-0.4, -0.2) is 17.1 Å². The fraction of sp³-hybridized carbons (Fsp3) is 0.722. The third-order valence-electron chi connectivity index (χ3n) is 3.99. The van der Waals surface area contributed by atoms with Crippen LogP contribution in [0.25, 0.3) is 0 Å². The van der Waals surface area contributed by atoms with E-state index in [1.807, 2.05) is 26.1 Å². The molecule has 3 heteroatoms. The van der Waals surface area contributed by atoms with Crippen molar-refractivity contribution in [3.63, 3.8) is 0 Å². The quantitative estimate of drug-likeness (QED) is 0.419. The summed E-state index contributed by atoms with van der Waals surface area (Å²) in [4.78, 5) is 11.7. The molecule has 0 amide bonds. The van der Waals surface area contributed by atoms with Gasteiger partial charge < -0.3 is 9.30 Å². The maximum atomic E-state index is 11.7. The molecule has 21 heavy (non-hydrogen) atoms. The van der Waals surface area contributed by atoms with Gasteiger partial charge in [0, 0.05) is 18.4 Å². The molecule has 0 unspecified atom stereocenters. The Bertz CT molecular complexity index is 409. The van der Waals surface area contributed by atoms with Crippen LogP contribution in [0.4, 0.5) is 0 Å². The van der Waals surface area contributed by atoms with Crippen molar-refractivity contribution in [3.8, 4) is 0 Å². The zero-order valence-electron chi connectivity index (χ0n) is 14.0. The molecule has 1 aromatic rings. The summed E-state index contributed by atoms with van der Waals surface area (Å²) >= 11 is 0. The molecule has 3 nitrogen and oxygen atoms in total. The molecule has 0 aliphatic rings. The van der Waals surface area contributed by atoms with Crippen LogP contribution in [-0.2, 0) is 11.3 Å². The monoisotopic (exact) mass is 293 g/mol. The van der Waals surface area contributed by atoms with E-state index in [0.717, 1.165) is 12.2 Å². The highest BCUT2D eigenvalue weighted by Crippen LogP contribution is 2.14. The average Bonchev–Trinajstić information content (AvgIpc) is 2.83. The SMILES string of the molecule is CCCCCCCCCCn1ccc(C(=O)OCC)c1C. The molecule has 0 saturated heterocycles. The minimum Gasteiger partial charge on any atom is -0.462 e. The molecule has 0 atom stereocenters. The molecule has 0 N–H and O–H groups in total. The van der Waals surface area contributed by atoms with Crippen LogP contribution in [0.1, 0.15) is 81.3 Å². The number of aryl methyl sites for hydroxylation is 1.